The van der Waals surface area contributed by atoms with Gasteiger partial charge >= 0.3 is 12.2 Å². The molecule has 242 valence electrons. The van der Waals surface area contributed by atoms with Crippen LogP contribution in [0.25, 0.3) is 0 Å². The molecule has 3 rings (SSSR count). The summed E-state index contributed by atoms with van der Waals surface area (Å²) in [6.07, 6.45) is -0.588. The van der Waals surface area contributed by atoms with Crippen molar-refractivity contribution >= 4 is 33.8 Å². The molecule has 0 aliphatic carbocycles. The molecule has 1 fully saturated rings. The molecule has 1 saturated heterocycles. The van der Waals surface area contributed by atoms with E-state index in [0.29, 0.717) is 62.5 Å². The number of rotatable bonds is 10. The third kappa shape index (κ3) is 11.1. The molecule has 2 aromatic carbocycles. The second-order valence-electron chi connectivity index (χ2n) is 12.5. The molecule has 0 spiro atoms. The van der Waals surface area contributed by atoms with Gasteiger partial charge in [-0.3, -0.25) is 4.79 Å². The van der Waals surface area contributed by atoms with E-state index in [4.69, 9.17) is 9.47 Å². The van der Waals surface area contributed by atoms with E-state index in [9.17, 15) is 22.8 Å². The van der Waals surface area contributed by atoms with Crippen molar-refractivity contribution in [3.63, 3.8) is 0 Å². The highest BCUT2D eigenvalue weighted by atomic mass is 32.2. The van der Waals surface area contributed by atoms with Gasteiger partial charge in [0.1, 0.15) is 11.2 Å². The van der Waals surface area contributed by atoms with Crippen LogP contribution in [0.5, 0.6) is 0 Å². The molecule has 1 aliphatic rings. The van der Waals surface area contributed by atoms with Crippen LogP contribution in [-0.4, -0.2) is 86.2 Å². The molecule has 13 heteroatoms. The van der Waals surface area contributed by atoms with Crippen LogP contribution in [0.2, 0.25) is 0 Å². The number of carbonyl (C=O) groups is 3. The van der Waals surface area contributed by atoms with Gasteiger partial charge in [0.25, 0.3) is 5.91 Å². The second-order valence-corrected chi connectivity index (χ2v) is 14.5. The van der Waals surface area contributed by atoms with E-state index in [1.807, 2.05) is 6.07 Å². The first kappa shape index (κ1) is 34.8. The topological polar surface area (TPSA) is 146 Å². The predicted octanol–water partition coefficient (Wildman–Crippen LogP) is 4.18. The van der Waals surface area contributed by atoms with Crippen molar-refractivity contribution in [2.75, 3.05) is 44.6 Å². The first-order chi connectivity index (χ1) is 20.5. The number of carbonyl (C=O) groups excluding carboxylic acids is 3. The van der Waals surface area contributed by atoms with Crippen molar-refractivity contribution in [3.05, 3.63) is 59.7 Å². The van der Waals surface area contributed by atoms with E-state index in [-0.39, 0.29) is 17.3 Å². The van der Waals surface area contributed by atoms with Gasteiger partial charge in [-0.15, -0.1) is 0 Å². The maximum absolute atomic E-state index is 13.1. The molecule has 12 nitrogen and oxygen atoms in total. The third-order valence-corrected chi connectivity index (χ3v) is 8.23. The van der Waals surface area contributed by atoms with Crippen LogP contribution in [-0.2, 0) is 26.0 Å². The largest absolute Gasteiger partial charge is 0.444 e. The van der Waals surface area contributed by atoms with Crippen molar-refractivity contribution in [1.82, 2.24) is 19.8 Å². The molecule has 0 aromatic heterocycles. The van der Waals surface area contributed by atoms with E-state index in [1.54, 1.807) is 71.9 Å². The average Bonchev–Trinajstić information content (AvgIpc) is 2.93. The monoisotopic (exact) mass is 631 g/mol. The van der Waals surface area contributed by atoms with Gasteiger partial charge in [-0.1, -0.05) is 12.1 Å². The third-order valence-electron chi connectivity index (χ3n) is 6.31. The Labute approximate surface area is 260 Å². The van der Waals surface area contributed by atoms with Crippen LogP contribution in [0, 0.1) is 0 Å². The minimum Gasteiger partial charge on any atom is -0.444 e. The van der Waals surface area contributed by atoms with E-state index in [2.05, 4.69) is 16.0 Å². The summed E-state index contributed by atoms with van der Waals surface area (Å²) in [6.45, 7) is 13.5. The van der Waals surface area contributed by atoms with Crippen molar-refractivity contribution in [1.29, 1.82) is 0 Å². The Morgan fingerprint density at radius 1 is 0.932 bits per heavy atom. The van der Waals surface area contributed by atoms with E-state index in [1.165, 1.54) is 21.3 Å². The van der Waals surface area contributed by atoms with Crippen LogP contribution in [0.3, 0.4) is 0 Å². The number of hydrogen-bond acceptors (Lipinski definition) is 8. The lowest BCUT2D eigenvalue weighted by atomic mass is 10.1. The van der Waals surface area contributed by atoms with E-state index in [0.717, 1.165) is 0 Å². The summed E-state index contributed by atoms with van der Waals surface area (Å²) in [4.78, 5) is 39.7. The molecule has 0 bridgehead atoms. The van der Waals surface area contributed by atoms with Crippen molar-refractivity contribution in [2.45, 2.75) is 70.6 Å². The van der Waals surface area contributed by atoms with Crippen molar-refractivity contribution in [2.24, 2.45) is 0 Å². The first-order valence-corrected chi connectivity index (χ1v) is 16.1. The molecule has 1 heterocycles. The number of nitrogens with one attached hydrogen (secondary N) is 3. The Kier molecular flexibility index (Phi) is 11.8. The summed E-state index contributed by atoms with van der Waals surface area (Å²) in [5, 5.41) is 8.63. The minimum atomic E-state index is -3.60. The summed E-state index contributed by atoms with van der Waals surface area (Å²) in [5.74, 6) is -0.380. The number of piperazine rings is 1. The maximum Gasteiger partial charge on any atom is 0.410 e. The fourth-order valence-electron chi connectivity index (χ4n) is 4.31. The minimum absolute atomic E-state index is 0.169. The molecule has 1 aliphatic heterocycles. The smallest absolute Gasteiger partial charge is 0.410 e. The van der Waals surface area contributed by atoms with Gasteiger partial charge in [-0.05, 0) is 89.9 Å². The molecule has 44 heavy (non-hydrogen) atoms. The molecule has 0 atom stereocenters. The summed E-state index contributed by atoms with van der Waals surface area (Å²) >= 11 is 0. The summed E-state index contributed by atoms with van der Waals surface area (Å²) in [6, 6.07) is 13.0. The fourth-order valence-corrected chi connectivity index (χ4v) is 5.76. The molecule has 3 amide bonds. The van der Waals surface area contributed by atoms with Crippen LogP contribution >= 0.6 is 0 Å². The zero-order valence-electron chi connectivity index (χ0n) is 26.4. The lowest BCUT2D eigenvalue weighted by molar-refractivity contribution is 0.0231. The highest BCUT2D eigenvalue weighted by Crippen LogP contribution is 2.20. The molecular formula is C31H45N5O7S. The number of amides is 3. The molecule has 0 saturated carbocycles. The number of ether oxygens (including phenoxy) is 2. The average molecular weight is 632 g/mol. The lowest BCUT2D eigenvalue weighted by Gasteiger charge is -2.28. The summed E-state index contributed by atoms with van der Waals surface area (Å²) in [7, 11) is -3.60. The lowest BCUT2D eigenvalue weighted by Crippen LogP contribution is -2.46. The fraction of sp³-hybridized carbons (Fsp3) is 0.516. The van der Waals surface area contributed by atoms with Gasteiger partial charge in [0.05, 0.1) is 4.90 Å². The van der Waals surface area contributed by atoms with Crippen molar-refractivity contribution in [3.8, 4) is 0 Å². The Morgan fingerprint density at radius 2 is 1.57 bits per heavy atom. The molecular weight excluding hydrogens is 586 g/mol. The van der Waals surface area contributed by atoms with Gasteiger partial charge in [0.15, 0.2) is 0 Å². The Balaban J connectivity index is 1.64. The number of nitrogens with zero attached hydrogens (tertiary/aromatic N) is 2. The van der Waals surface area contributed by atoms with Crippen LogP contribution in [0.4, 0.5) is 15.3 Å². The van der Waals surface area contributed by atoms with Crippen molar-refractivity contribution < 1.29 is 32.3 Å². The molecule has 2 aromatic rings. The SMILES string of the molecule is CC(C)(C)OC(=O)NCCCN(Cc1cccc(C(=O)Nc2ccc(S(=O)(=O)N3CCNCC3)cc2)c1)C(=O)OC(C)(C)C. The molecule has 0 unspecified atom stereocenters. The van der Waals surface area contributed by atoms with E-state index < -0.39 is 33.4 Å². The number of benzene rings is 2. The highest BCUT2D eigenvalue weighted by molar-refractivity contribution is 7.89. The Morgan fingerprint density at radius 3 is 2.18 bits per heavy atom. The molecule has 3 N–H and O–H groups in total. The van der Waals surface area contributed by atoms with Gasteiger partial charge in [0.2, 0.25) is 10.0 Å². The number of sulfonamides is 1. The quantitative estimate of drug-likeness (QED) is 0.331. The van der Waals surface area contributed by atoms with Crippen LogP contribution < -0.4 is 16.0 Å². The number of anilines is 1. The normalized spacial score (nSPS) is 14.4. The Hall–Kier alpha value is -3.68. The van der Waals surface area contributed by atoms with Gasteiger partial charge < -0.3 is 30.3 Å². The number of alkyl carbamates (subject to hydrolysis) is 1. The second kappa shape index (κ2) is 14.9. The molecule has 0 radical (unpaired) electrons. The Bertz CT molecular complexity index is 1390. The number of hydrogen-bond donors (Lipinski definition) is 3. The zero-order chi connectivity index (χ0) is 32.5. The van der Waals surface area contributed by atoms with Gasteiger partial charge in [-0.25, -0.2) is 18.0 Å². The predicted molar refractivity (Wildman–Crippen MR) is 168 cm³/mol. The van der Waals surface area contributed by atoms with E-state index >= 15 is 0 Å². The maximum atomic E-state index is 13.1. The van der Waals surface area contributed by atoms with Gasteiger partial charge in [0, 0.05) is 57.1 Å². The summed E-state index contributed by atoms with van der Waals surface area (Å²) < 4.78 is 38.1. The van der Waals surface area contributed by atoms with Crippen LogP contribution in [0.15, 0.2) is 53.4 Å². The standard InChI is InChI=1S/C31H45N5O7S/c1-30(2,3)42-28(38)33-15-8-18-35(29(39)43-31(4,5)6)22-23-9-7-10-24(21-23)27(37)34-25-11-13-26(14-12-25)44(40,41)36-19-16-32-17-20-36/h7,9-14,21,32H,8,15-20,22H2,1-6H3,(H,33,38)(H,34,37). The summed E-state index contributed by atoms with van der Waals surface area (Å²) in [5.41, 5.74) is 0.217. The first-order valence-electron chi connectivity index (χ1n) is 14.7. The van der Waals surface area contributed by atoms with Crippen LogP contribution in [0.1, 0.15) is 63.9 Å². The van der Waals surface area contributed by atoms with Gasteiger partial charge in [-0.2, -0.15) is 4.31 Å². The zero-order valence-corrected chi connectivity index (χ0v) is 27.3. The highest BCUT2D eigenvalue weighted by Gasteiger charge is 2.26.